The van der Waals surface area contributed by atoms with E-state index in [4.69, 9.17) is 0 Å². The van der Waals surface area contributed by atoms with Crippen LogP contribution in [0.5, 0.6) is 0 Å². The molecule has 0 amide bonds. The van der Waals surface area contributed by atoms with Crippen LogP contribution in [0.2, 0.25) is 0 Å². The molecule has 0 aliphatic carbocycles. The molecule has 3 aromatic rings. The molecule has 1 saturated heterocycles. The average Bonchev–Trinajstić information content (AvgIpc) is 3.02. The lowest BCUT2D eigenvalue weighted by molar-refractivity contribution is 0.123. The largest absolute Gasteiger partial charge is 0.388 e. The van der Waals surface area contributed by atoms with Crippen molar-refractivity contribution < 1.29 is 5.11 Å². The third-order valence-electron chi connectivity index (χ3n) is 5.10. The summed E-state index contributed by atoms with van der Waals surface area (Å²) in [4.78, 5) is 11.6. The first kappa shape index (κ1) is 16.2. The minimum Gasteiger partial charge on any atom is -0.388 e. The van der Waals surface area contributed by atoms with Crippen molar-refractivity contribution in [3.05, 3.63) is 60.0 Å². The number of likely N-dealkylation sites (tertiary alicyclic amines) is 1. The molecule has 0 spiro atoms. The number of rotatable bonds is 5. The summed E-state index contributed by atoms with van der Waals surface area (Å²) in [5.41, 5.74) is 3.08. The van der Waals surface area contributed by atoms with Crippen molar-refractivity contribution >= 4 is 11.2 Å². The summed E-state index contributed by atoms with van der Waals surface area (Å²) < 4.78 is 2.10. The number of benzene rings is 1. The fourth-order valence-electron chi connectivity index (χ4n) is 3.82. The Labute approximate surface area is 147 Å². The molecule has 1 aromatic carbocycles. The van der Waals surface area contributed by atoms with Gasteiger partial charge in [0.15, 0.2) is 5.65 Å². The maximum atomic E-state index is 9.73. The van der Waals surface area contributed by atoms with E-state index in [0.29, 0.717) is 11.9 Å². The third-order valence-corrected chi connectivity index (χ3v) is 5.10. The second-order valence-corrected chi connectivity index (χ2v) is 6.75. The van der Waals surface area contributed by atoms with Crippen LogP contribution in [0.3, 0.4) is 0 Å². The number of nitrogens with zero attached hydrogens (tertiary/aromatic N) is 4. The van der Waals surface area contributed by atoms with Crippen molar-refractivity contribution in [3.63, 3.8) is 0 Å². The highest BCUT2D eigenvalue weighted by molar-refractivity contribution is 5.71. The van der Waals surface area contributed by atoms with E-state index in [1.54, 1.807) is 6.20 Å². The Bertz CT molecular complexity index is 830. The van der Waals surface area contributed by atoms with Gasteiger partial charge in [-0.3, -0.25) is 4.90 Å². The van der Waals surface area contributed by atoms with Gasteiger partial charge in [-0.05, 0) is 37.1 Å². The third kappa shape index (κ3) is 3.43. The lowest BCUT2D eigenvalue weighted by atomic mass is 10.0. The molecule has 5 nitrogen and oxygen atoms in total. The predicted molar refractivity (Wildman–Crippen MR) is 97.9 cm³/mol. The van der Waals surface area contributed by atoms with E-state index in [1.165, 1.54) is 24.8 Å². The lowest BCUT2D eigenvalue weighted by Crippen LogP contribution is -2.41. The summed E-state index contributed by atoms with van der Waals surface area (Å²) in [6.45, 7) is 2.87. The molecule has 4 rings (SSSR count). The van der Waals surface area contributed by atoms with Gasteiger partial charge < -0.3 is 9.67 Å². The normalized spacial score (nSPS) is 18.7. The summed E-state index contributed by atoms with van der Waals surface area (Å²) in [6.07, 6.45) is 5.47. The second kappa shape index (κ2) is 7.33. The molecule has 0 saturated carbocycles. The van der Waals surface area contributed by atoms with Crippen molar-refractivity contribution in [2.75, 3.05) is 6.54 Å². The van der Waals surface area contributed by atoms with Gasteiger partial charge in [0.25, 0.3) is 0 Å². The molecule has 0 bridgehead atoms. The highest BCUT2D eigenvalue weighted by atomic mass is 16.3. The van der Waals surface area contributed by atoms with Gasteiger partial charge in [0.1, 0.15) is 17.9 Å². The Hall–Kier alpha value is -2.24. The van der Waals surface area contributed by atoms with Crippen LogP contribution in [0.1, 0.15) is 30.7 Å². The molecule has 5 heteroatoms. The molecule has 1 aliphatic rings. The van der Waals surface area contributed by atoms with E-state index < -0.39 is 0 Å². The van der Waals surface area contributed by atoms with Crippen molar-refractivity contribution in [3.8, 4) is 0 Å². The van der Waals surface area contributed by atoms with Gasteiger partial charge in [-0.15, -0.1) is 0 Å². The fourth-order valence-corrected chi connectivity index (χ4v) is 3.82. The van der Waals surface area contributed by atoms with E-state index in [1.807, 2.05) is 12.1 Å². The average molecular weight is 336 g/mol. The number of aliphatic hydroxyl groups is 1. The van der Waals surface area contributed by atoms with Crippen LogP contribution in [0.25, 0.3) is 11.2 Å². The molecule has 1 atom stereocenters. The molecule has 2 aromatic heterocycles. The molecule has 130 valence electrons. The number of pyridine rings is 1. The minimum atomic E-state index is -0.0538. The second-order valence-electron chi connectivity index (χ2n) is 6.75. The highest BCUT2D eigenvalue weighted by Crippen LogP contribution is 2.23. The van der Waals surface area contributed by atoms with Crippen LogP contribution in [0.4, 0.5) is 0 Å². The number of aromatic nitrogens is 3. The topological polar surface area (TPSA) is 54.2 Å². The van der Waals surface area contributed by atoms with Crippen LogP contribution in [-0.2, 0) is 19.7 Å². The summed E-state index contributed by atoms with van der Waals surface area (Å²) in [5.74, 6) is 0.707. The standard InChI is InChI=1S/C20H24N4O/c25-15-19-22-18-10-6-11-21-20(18)24(19)14-17-9-4-5-12-23(17)13-16-7-2-1-3-8-16/h1-3,6-8,10-11,17,25H,4-5,9,12-15H2/t17-/m1/s1. The number of aliphatic hydroxyl groups excluding tert-OH is 1. The smallest absolute Gasteiger partial charge is 0.160 e. The Morgan fingerprint density at radius 1 is 1.08 bits per heavy atom. The summed E-state index contributed by atoms with van der Waals surface area (Å²) in [7, 11) is 0. The summed E-state index contributed by atoms with van der Waals surface area (Å²) in [6, 6.07) is 14.9. The quantitative estimate of drug-likeness (QED) is 0.778. The van der Waals surface area contributed by atoms with Gasteiger partial charge in [-0.1, -0.05) is 36.8 Å². The predicted octanol–water partition coefficient (Wildman–Crippen LogP) is 2.98. The highest BCUT2D eigenvalue weighted by Gasteiger charge is 2.24. The number of hydrogen-bond acceptors (Lipinski definition) is 4. The van der Waals surface area contributed by atoms with Gasteiger partial charge in [0.05, 0.1) is 0 Å². The Kier molecular flexibility index (Phi) is 4.76. The zero-order valence-electron chi connectivity index (χ0n) is 14.4. The van der Waals surface area contributed by atoms with Crippen molar-refractivity contribution in [2.45, 2.75) is 45.0 Å². The van der Waals surface area contributed by atoms with Crippen LogP contribution < -0.4 is 0 Å². The van der Waals surface area contributed by atoms with Crippen molar-refractivity contribution in [2.24, 2.45) is 0 Å². The molecular weight excluding hydrogens is 312 g/mol. The molecule has 1 fully saturated rings. The summed E-state index contributed by atoms with van der Waals surface area (Å²) >= 11 is 0. The summed E-state index contributed by atoms with van der Waals surface area (Å²) in [5, 5.41) is 9.73. The van der Waals surface area contributed by atoms with Crippen LogP contribution >= 0.6 is 0 Å². The Balaban J connectivity index is 1.59. The van der Waals surface area contributed by atoms with Gasteiger partial charge in [0, 0.05) is 25.3 Å². The molecule has 0 radical (unpaired) electrons. The number of imidazole rings is 1. The van der Waals surface area contributed by atoms with E-state index in [-0.39, 0.29) is 6.61 Å². The maximum Gasteiger partial charge on any atom is 0.160 e. The van der Waals surface area contributed by atoms with Gasteiger partial charge >= 0.3 is 0 Å². The first-order valence-electron chi connectivity index (χ1n) is 9.04. The van der Waals surface area contributed by atoms with E-state index in [9.17, 15) is 5.11 Å². The van der Waals surface area contributed by atoms with Gasteiger partial charge in [0.2, 0.25) is 0 Å². The first-order chi connectivity index (χ1) is 12.3. The Morgan fingerprint density at radius 3 is 2.80 bits per heavy atom. The molecule has 3 heterocycles. The van der Waals surface area contributed by atoms with Crippen LogP contribution in [-0.4, -0.2) is 37.1 Å². The molecule has 25 heavy (non-hydrogen) atoms. The van der Waals surface area contributed by atoms with Gasteiger partial charge in [-0.25, -0.2) is 9.97 Å². The van der Waals surface area contributed by atoms with Gasteiger partial charge in [-0.2, -0.15) is 0 Å². The van der Waals surface area contributed by atoms with E-state index >= 15 is 0 Å². The fraction of sp³-hybridized carbons (Fsp3) is 0.400. The van der Waals surface area contributed by atoms with Crippen LogP contribution in [0, 0.1) is 0 Å². The van der Waals surface area contributed by atoms with E-state index in [2.05, 4.69) is 49.8 Å². The number of fused-ring (bicyclic) bond motifs is 1. The Morgan fingerprint density at radius 2 is 1.96 bits per heavy atom. The molecule has 0 unspecified atom stereocenters. The molecule has 1 aliphatic heterocycles. The zero-order chi connectivity index (χ0) is 17.1. The number of piperidine rings is 1. The van der Waals surface area contributed by atoms with E-state index in [0.717, 1.165) is 30.8 Å². The van der Waals surface area contributed by atoms with Crippen LogP contribution in [0.15, 0.2) is 48.7 Å². The lowest BCUT2D eigenvalue weighted by Gasteiger charge is -2.36. The molecule has 1 N–H and O–H groups in total. The van der Waals surface area contributed by atoms with Crippen molar-refractivity contribution in [1.82, 2.24) is 19.4 Å². The van der Waals surface area contributed by atoms with Crippen molar-refractivity contribution in [1.29, 1.82) is 0 Å². The number of hydrogen-bond donors (Lipinski definition) is 1. The maximum absolute atomic E-state index is 9.73. The first-order valence-corrected chi connectivity index (χ1v) is 9.04. The minimum absolute atomic E-state index is 0.0538. The molecular formula is C20H24N4O. The monoisotopic (exact) mass is 336 g/mol. The zero-order valence-corrected chi connectivity index (χ0v) is 14.4. The SMILES string of the molecule is OCc1nc2cccnc2n1C[C@H]1CCCCN1Cc1ccccc1.